The topological polar surface area (TPSA) is 115 Å². The van der Waals surface area contributed by atoms with E-state index in [-0.39, 0.29) is 58.2 Å². The molecule has 0 bridgehead atoms. The van der Waals surface area contributed by atoms with Crippen LogP contribution in [0.5, 0.6) is 0 Å². The number of aliphatic hydroxyl groups is 3. The Balaban J connectivity index is 1.61. The molecule has 33 heavy (non-hydrogen) atoms. The summed E-state index contributed by atoms with van der Waals surface area (Å²) in [6.45, 7) is 8.92. The van der Waals surface area contributed by atoms with Gasteiger partial charge in [-0.1, -0.05) is 34.1 Å². The minimum absolute atomic E-state index is 0.0469. The molecule has 6 nitrogen and oxygen atoms in total. The summed E-state index contributed by atoms with van der Waals surface area (Å²) in [5, 5.41) is 33.8. The second-order valence-corrected chi connectivity index (χ2v) is 14.2. The lowest BCUT2D eigenvalue weighted by Gasteiger charge is -2.65. The largest absolute Gasteiger partial charge is 0.393 e. The van der Waals surface area contributed by atoms with Gasteiger partial charge in [0.1, 0.15) is 0 Å². The fourth-order valence-electron chi connectivity index (χ4n) is 9.68. The summed E-state index contributed by atoms with van der Waals surface area (Å²) < 4.78 is 31.4. The van der Waals surface area contributed by atoms with E-state index in [0.717, 1.165) is 38.5 Å². The fourth-order valence-corrected chi connectivity index (χ4v) is 10.2. The summed E-state index contributed by atoms with van der Waals surface area (Å²) in [5.41, 5.74) is -0.235. The summed E-state index contributed by atoms with van der Waals surface area (Å²) in [6, 6.07) is 0. The average molecular weight is 487 g/mol. The molecule has 4 N–H and O–H groups in total. The van der Waals surface area contributed by atoms with E-state index in [1.807, 2.05) is 0 Å². The monoisotopic (exact) mass is 486 g/mol. The summed E-state index contributed by atoms with van der Waals surface area (Å²) in [5.74, 6) is 1.53. The Bertz CT molecular complexity index is 816. The van der Waals surface area contributed by atoms with Crippen molar-refractivity contribution >= 4 is 10.1 Å². The normalized spacial score (nSPS) is 50.8. The summed E-state index contributed by atoms with van der Waals surface area (Å²) >= 11 is 0. The molecule has 0 radical (unpaired) electrons. The Morgan fingerprint density at radius 2 is 1.70 bits per heavy atom. The highest BCUT2D eigenvalue weighted by atomic mass is 32.2. The van der Waals surface area contributed by atoms with Crippen molar-refractivity contribution in [1.29, 1.82) is 0 Å². The van der Waals surface area contributed by atoms with E-state index in [1.54, 1.807) is 0 Å². The zero-order chi connectivity index (χ0) is 24.3. The van der Waals surface area contributed by atoms with E-state index < -0.39 is 22.3 Å². The fraction of sp³-hybridized carbons (Fsp3) is 1.00. The lowest BCUT2D eigenvalue weighted by Crippen LogP contribution is -2.65. The van der Waals surface area contributed by atoms with Crippen LogP contribution in [0.1, 0.15) is 85.5 Å². The number of aliphatic hydroxyl groups excluding tert-OH is 3. The van der Waals surface area contributed by atoms with E-state index in [2.05, 4.69) is 27.7 Å². The molecule has 4 aliphatic carbocycles. The third kappa shape index (κ3) is 4.22. The van der Waals surface area contributed by atoms with Gasteiger partial charge in [0.25, 0.3) is 10.1 Å². The maximum absolute atomic E-state index is 11.7. The Labute approximate surface area is 200 Å². The maximum atomic E-state index is 11.7. The zero-order valence-corrected chi connectivity index (χ0v) is 21.7. The first-order chi connectivity index (χ1) is 15.3. The molecule has 0 aromatic heterocycles. The van der Waals surface area contributed by atoms with Gasteiger partial charge < -0.3 is 15.3 Å². The van der Waals surface area contributed by atoms with Crippen LogP contribution in [-0.4, -0.2) is 52.4 Å². The zero-order valence-electron chi connectivity index (χ0n) is 20.9. The van der Waals surface area contributed by atoms with Crippen LogP contribution in [0, 0.1) is 52.3 Å². The molecule has 0 saturated heterocycles. The van der Waals surface area contributed by atoms with Crippen LogP contribution in [0.3, 0.4) is 0 Å². The first kappa shape index (κ1) is 25.9. The molecule has 0 amide bonds. The third-order valence-electron chi connectivity index (χ3n) is 11.3. The molecule has 192 valence electrons. The lowest BCUT2D eigenvalue weighted by atomic mass is 9.41. The SMILES string of the molecule is CC[C@H]1C(O)C2C3CC[C@H]([C@H](C)CCCS(=O)(=O)O)[C@@]3(C)[C@@H](O)CC2[C@@]2(C)CC[C@@H](O)C[C@@H]12. The second-order valence-electron chi connectivity index (χ2n) is 12.6. The van der Waals surface area contributed by atoms with Crippen molar-refractivity contribution < 1.29 is 28.3 Å². The van der Waals surface area contributed by atoms with Crippen LogP contribution in [0.2, 0.25) is 0 Å². The van der Waals surface area contributed by atoms with Crippen LogP contribution in [0.4, 0.5) is 0 Å². The van der Waals surface area contributed by atoms with E-state index in [4.69, 9.17) is 4.55 Å². The van der Waals surface area contributed by atoms with Crippen LogP contribution < -0.4 is 0 Å². The standard InChI is InChI=1S/C26H46O6S/c1-5-17-20-13-16(27)10-11-25(20,3)21-14-22(28)26(4)18(8-9-19(26)23(21)24(17)29)15(2)7-6-12-33(30,31)32/h15-24,27-29H,5-14H2,1-4H3,(H,30,31,32)/t15-,16-,17-,18-,19?,20+,21?,22+,23?,24?,25+,26-/m1/s1. The predicted molar refractivity (Wildman–Crippen MR) is 128 cm³/mol. The van der Waals surface area contributed by atoms with Crippen molar-refractivity contribution in [3.63, 3.8) is 0 Å². The first-order valence-corrected chi connectivity index (χ1v) is 14.9. The van der Waals surface area contributed by atoms with Gasteiger partial charge in [-0.15, -0.1) is 0 Å². The highest BCUT2D eigenvalue weighted by Gasteiger charge is 2.67. The van der Waals surface area contributed by atoms with Gasteiger partial charge in [-0.25, -0.2) is 0 Å². The molecule has 0 heterocycles. The molecular weight excluding hydrogens is 440 g/mol. The Hall–Kier alpha value is -0.210. The second kappa shape index (κ2) is 9.02. The number of hydrogen-bond acceptors (Lipinski definition) is 5. The molecule has 4 rings (SSSR count). The van der Waals surface area contributed by atoms with Gasteiger partial charge in [0.15, 0.2) is 0 Å². The van der Waals surface area contributed by atoms with Gasteiger partial charge in [-0.3, -0.25) is 4.55 Å². The van der Waals surface area contributed by atoms with Crippen LogP contribution in [0.25, 0.3) is 0 Å². The molecule has 7 heteroatoms. The summed E-state index contributed by atoms with van der Waals surface area (Å²) in [6.07, 6.45) is 6.21. The molecule has 4 aliphatic rings. The Kier molecular flexibility index (Phi) is 7.07. The predicted octanol–water partition coefficient (Wildman–Crippen LogP) is 3.89. The average Bonchev–Trinajstić information content (AvgIpc) is 3.08. The quantitative estimate of drug-likeness (QED) is 0.424. The van der Waals surface area contributed by atoms with Crippen molar-refractivity contribution in [2.24, 2.45) is 52.3 Å². The Morgan fingerprint density at radius 1 is 1.00 bits per heavy atom. The smallest absolute Gasteiger partial charge is 0.264 e. The highest BCUT2D eigenvalue weighted by Crippen LogP contribution is 2.69. The molecule has 4 saturated carbocycles. The molecule has 0 spiro atoms. The van der Waals surface area contributed by atoms with Crippen LogP contribution >= 0.6 is 0 Å². The van der Waals surface area contributed by atoms with Gasteiger partial charge in [0.2, 0.25) is 0 Å². The van der Waals surface area contributed by atoms with Gasteiger partial charge in [-0.2, -0.15) is 8.42 Å². The Morgan fingerprint density at radius 3 is 2.33 bits per heavy atom. The summed E-state index contributed by atoms with van der Waals surface area (Å²) in [7, 11) is -3.95. The highest BCUT2D eigenvalue weighted by molar-refractivity contribution is 7.85. The van der Waals surface area contributed by atoms with Gasteiger partial charge >= 0.3 is 0 Å². The van der Waals surface area contributed by atoms with E-state index in [1.165, 1.54) is 0 Å². The number of hydrogen-bond donors (Lipinski definition) is 4. The molecule has 0 aromatic carbocycles. The van der Waals surface area contributed by atoms with Gasteiger partial charge in [0.05, 0.1) is 24.1 Å². The van der Waals surface area contributed by atoms with Crippen LogP contribution in [-0.2, 0) is 10.1 Å². The third-order valence-corrected chi connectivity index (χ3v) is 12.1. The van der Waals surface area contributed by atoms with Crippen molar-refractivity contribution in [2.45, 2.75) is 104 Å². The number of fused-ring (bicyclic) bond motifs is 5. The summed E-state index contributed by atoms with van der Waals surface area (Å²) in [4.78, 5) is 0. The molecular formula is C26H46O6S. The molecule has 0 aromatic rings. The maximum Gasteiger partial charge on any atom is 0.264 e. The van der Waals surface area contributed by atoms with Crippen molar-refractivity contribution in [3.8, 4) is 0 Å². The minimum atomic E-state index is -3.95. The first-order valence-electron chi connectivity index (χ1n) is 13.3. The van der Waals surface area contributed by atoms with Crippen LogP contribution in [0.15, 0.2) is 0 Å². The van der Waals surface area contributed by atoms with E-state index in [0.29, 0.717) is 25.2 Å². The minimum Gasteiger partial charge on any atom is -0.393 e. The van der Waals surface area contributed by atoms with Crippen molar-refractivity contribution in [1.82, 2.24) is 0 Å². The van der Waals surface area contributed by atoms with Gasteiger partial charge in [-0.05, 0) is 104 Å². The lowest BCUT2D eigenvalue weighted by molar-refractivity contribution is -0.228. The van der Waals surface area contributed by atoms with E-state index in [9.17, 15) is 23.7 Å². The van der Waals surface area contributed by atoms with Crippen molar-refractivity contribution in [3.05, 3.63) is 0 Å². The number of rotatable bonds is 6. The van der Waals surface area contributed by atoms with E-state index >= 15 is 0 Å². The molecule has 12 atom stereocenters. The molecule has 4 fully saturated rings. The molecule has 0 aliphatic heterocycles. The molecule has 4 unspecified atom stereocenters. The van der Waals surface area contributed by atoms with Gasteiger partial charge in [0, 0.05) is 0 Å². The van der Waals surface area contributed by atoms with Crippen molar-refractivity contribution in [2.75, 3.05) is 5.75 Å².